The number of nitrogens with one attached hydrogen (secondary N) is 1. The van der Waals surface area contributed by atoms with Crippen molar-refractivity contribution in [2.45, 2.75) is 6.04 Å². The highest BCUT2D eigenvalue weighted by molar-refractivity contribution is 5.89. The van der Waals surface area contributed by atoms with Gasteiger partial charge in [0, 0.05) is 6.54 Å². The maximum absolute atomic E-state index is 13.1. The van der Waals surface area contributed by atoms with Crippen LogP contribution in [0.1, 0.15) is 11.6 Å². The maximum atomic E-state index is 13.1. The molecule has 1 atom stereocenters. The average Bonchev–Trinajstić information content (AvgIpc) is 2.56. The maximum Gasteiger partial charge on any atom is 0.322 e. The third-order valence-corrected chi connectivity index (χ3v) is 3.48. The van der Waals surface area contributed by atoms with Gasteiger partial charge in [0.15, 0.2) is 0 Å². The summed E-state index contributed by atoms with van der Waals surface area (Å²) in [6, 6.07) is 7.28. The van der Waals surface area contributed by atoms with Crippen LogP contribution in [-0.2, 0) is 4.74 Å². The predicted molar refractivity (Wildman–Crippen MR) is 77.7 cm³/mol. The van der Waals surface area contributed by atoms with Crippen molar-refractivity contribution in [1.82, 2.24) is 15.1 Å². The first-order chi connectivity index (χ1) is 10.7. The Morgan fingerprint density at radius 2 is 2.09 bits per heavy atom. The van der Waals surface area contributed by atoms with Gasteiger partial charge in [0.25, 0.3) is 0 Å². The van der Waals surface area contributed by atoms with Gasteiger partial charge in [0.1, 0.15) is 5.82 Å². The summed E-state index contributed by atoms with van der Waals surface area (Å²) in [5.74, 6) is -0.306. The topological polar surface area (TPSA) is 67.4 Å². The van der Waals surface area contributed by atoms with Crippen molar-refractivity contribution in [3.05, 3.63) is 54.1 Å². The second-order valence-corrected chi connectivity index (χ2v) is 4.90. The molecule has 1 aliphatic rings. The van der Waals surface area contributed by atoms with Gasteiger partial charge in [-0.05, 0) is 23.8 Å². The number of hydrogen-bond acceptors (Lipinski definition) is 4. The van der Waals surface area contributed by atoms with Crippen molar-refractivity contribution in [2.75, 3.05) is 25.1 Å². The Labute approximate surface area is 126 Å². The van der Waals surface area contributed by atoms with Crippen LogP contribution in [0.25, 0.3) is 0 Å². The lowest BCUT2D eigenvalue weighted by Crippen LogP contribution is -2.45. The molecule has 2 aromatic rings. The Balaban J connectivity index is 1.77. The minimum atomic E-state index is -0.306. The zero-order valence-electron chi connectivity index (χ0n) is 11.8. The molecule has 7 heteroatoms. The molecule has 1 unspecified atom stereocenters. The standard InChI is InChI=1S/C15H15FN4O2/c16-12-3-1-11(2-4-12)14-10-22-8-7-20(14)15(21)19-13-5-6-17-18-9-13/h1-6,9,14H,7-8,10H2,(H,17,19,21). The van der Waals surface area contributed by atoms with Gasteiger partial charge in [-0.25, -0.2) is 9.18 Å². The number of aromatic nitrogens is 2. The molecule has 0 aliphatic carbocycles. The number of halogens is 1. The third kappa shape index (κ3) is 3.20. The van der Waals surface area contributed by atoms with E-state index in [1.54, 1.807) is 23.1 Å². The van der Waals surface area contributed by atoms with E-state index < -0.39 is 0 Å². The molecule has 0 bridgehead atoms. The number of ether oxygens (including phenoxy) is 1. The summed E-state index contributed by atoms with van der Waals surface area (Å²) in [7, 11) is 0. The Kier molecular flexibility index (Phi) is 4.24. The molecular formula is C15H15FN4O2. The highest BCUT2D eigenvalue weighted by Crippen LogP contribution is 2.25. The number of urea groups is 1. The fourth-order valence-corrected chi connectivity index (χ4v) is 2.37. The summed E-state index contributed by atoms with van der Waals surface area (Å²) in [5, 5.41) is 10.2. The first-order valence-corrected chi connectivity index (χ1v) is 6.91. The highest BCUT2D eigenvalue weighted by Gasteiger charge is 2.28. The van der Waals surface area contributed by atoms with Gasteiger partial charge in [-0.3, -0.25) is 0 Å². The number of anilines is 1. The van der Waals surface area contributed by atoms with E-state index >= 15 is 0 Å². The number of carbonyl (C=O) groups is 1. The fourth-order valence-electron chi connectivity index (χ4n) is 2.37. The molecule has 1 saturated heterocycles. The van der Waals surface area contributed by atoms with Crippen LogP contribution in [0.15, 0.2) is 42.7 Å². The Hall–Kier alpha value is -2.54. The number of carbonyl (C=O) groups excluding carboxylic acids is 1. The number of benzene rings is 1. The molecule has 1 N–H and O–H groups in total. The van der Waals surface area contributed by atoms with Crippen molar-refractivity contribution < 1.29 is 13.9 Å². The molecule has 1 fully saturated rings. The summed E-state index contributed by atoms with van der Waals surface area (Å²) >= 11 is 0. The number of rotatable bonds is 2. The fraction of sp³-hybridized carbons (Fsp3) is 0.267. The monoisotopic (exact) mass is 302 g/mol. The molecule has 6 nitrogen and oxygen atoms in total. The number of morpholine rings is 1. The van der Waals surface area contributed by atoms with Crippen LogP contribution < -0.4 is 5.32 Å². The molecule has 1 aromatic carbocycles. The minimum Gasteiger partial charge on any atom is -0.377 e. The number of hydrogen-bond donors (Lipinski definition) is 1. The average molecular weight is 302 g/mol. The molecule has 0 saturated carbocycles. The first kappa shape index (κ1) is 14.4. The third-order valence-electron chi connectivity index (χ3n) is 3.48. The van der Waals surface area contributed by atoms with Gasteiger partial charge >= 0.3 is 6.03 Å². The van der Waals surface area contributed by atoms with Gasteiger partial charge in [0.05, 0.1) is 37.3 Å². The molecule has 2 amide bonds. The van der Waals surface area contributed by atoms with Crippen LogP contribution in [0, 0.1) is 5.82 Å². The second kappa shape index (κ2) is 6.48. The quantitative estimate of drug-likeness (QED) is 0.923. The van der Waals surface area contributed by atoms with E-state index in [0.717, 1.165) is 5.56 Å². The molecule has 0 spiro atoms. The minimum absolute atomic E-state index is 0.245. The van der Waals surface area contributed by atoms with E-state index in [0.29, 0.717) is 25.4 Å². The van der Waals surface area contributed by atoms with E-state index in [9.17, 15) is 9.18 Å². The van der Waals surface area contributed by atoms with Crippen LogP contribution in [0.5, 0.6) is 0 Å². The largest absolute Gasteiger partial charge is 0.377 e. The summed E-state index contributed by atoms with van der Waals surface area (Å²) < 4.78 is 18.5. The lowest BCUT2D eigenvalue weighted by atomic mass is 10.1. The van der Waals surface area contributed by atoms with Crippen LogP contribution in [-0.4, -0.2) is 40.9 Å². The van der Waals surface area contributed by atoms with Crippen molar-refractivity contribution in [2.24, 2.45) is 0 Å². The predicted octanol–water partition coefficient (Wildman–Crippen LogP) is 2.22. The Morgan fingerprint density at radius 3 is 2.82 bits per heavy atom. The summed E-state index contributed by atoms with van der Waals surface area (Å²) in [6.07, 6.45) is 2.98. The normalized spacial score (nSPS) is 18.0. The summed E-state index contributed by atoms with van der Waals surface area (Å²) in [5.41, 5.74) is 1.41. The second-order valence-electron chi connectivity index (χ2n) is 4.90. The zero-order valence-corrected chi connectivity index (χ0v) is 11.8. The van der Waals surface area contributed by atoms with Gasteiger partial charge < -0.3 is 15.0 Å². The van der Waals surface area contributed by atoms with Crippen molar-refractivity contribution in [1.29, 1.82) is 0 Å². The molecule has 3 rings (SSSR count). The van der Waals surface area contributed by atoms with Crippen LogP contribution in [0.2, 0.25) is 0 Å². The van der Waals surface area contributed by atoms with Crippen molar-refractivity contribution in [3.63, 3.8) is 0 Å². The molecule has 1 aromatic heterocycles. The first-order valence-electron chi connectivity index (χ1n) is 6.91. The Morgan fingerprint density at radius 1 is 1.27 bits per heavy atom. The molecule has 2 heterocycles. The summed E-state index contributed by atoms with van der Waals surface area (Å²) in [6.45, 7) is 1.32. The smallest absolute Gasteiger partial charge is 0.322 e. The van der Waals surface area contributed by atoms with Gasteiger partial charge in [-0.15, -0.1) is 0 Å². The zero-order chi connectivity index (χ0) is 15.4. The van der Waals surface area contributed by atoms with Gasteiger partial charge in [0.2, 0.25) is 0 Å². The van der Waals surface area contributed by atoms with Gasteiger partial charge in [-0.1, -0.05) is 12.1 Å². The van der Waals surface area contributed by atoms with Crippen molar-refractivity contribution in [3.8, 4) is 0 Å². The Bertz CT molecular complexity index is 636. The lowest BCUT2D eigenvalue weighted by molar-refractivity contribution is 0.0147. The van der Waals surface area contributed by atoms with Crippen LogP contribution in [0.3, 0.4) is 0 Å². The molecular weight excluding hydrogens is 287 g/mol. The molecule has 22 heavy (non-hydrogen) atoms. The van der Waals surface area contributed by atoms with Crippen molar-refractivity contribution >= 4 is 11.7 Å². The molecule has 0 radical (unpaired) electrons. The van der Waals surface area contributed by atoms with E-state index in [2.05, 4.69) is 15.5 Å². The number of nitrogens with zero attached hydrogens (tertiary/aromatic N) is 3. The van der Waals surface area contributed by atoms with E-state index in [1.807, 2.05) is 0 Å². The highest BCUT2D eigenvalue weighted by atomic mass is 19.1. The van der Waals surface area contributed by atoms with E-state index in [4.69, 9.17) is 4.74 Å². The molecule has 1 aliphatic heterocycles. The lowest BCUT2D eigenvalue weighted by Gasteiger charge is -2.35. The van der Waals surface area contributed by atoms with Crippen LogP contribution >= 0.6 is 0 Å². The van der Waals surface area contributed by atoms with Crippen LogP contribution in [0.4, 0.5) is 14.9 Å². The number of amides is 2. The van der Waals surface area contributed by atoms with Gasteiger partial charge in [-0.2, -0.15) is 10.2 Å². The SMILES string of the molecule is O=C(Nc1ccnnc1)N1CCOCC1c1ccc(F)cc1. The summed E-state index contributed by atoms with van der Waals surface area (Å²) in [4.78, 5) is 14.1. The van der Waals surface area contributed by atoms with E-state index in [1.165, 1.54) is 24.5 Å². The van der Waals surface area contributed by atoms with E-state index in [-0.39, 0.29) is 17.9 Å². The molecule has 114 valence electrons.